The van der Waals surface area contributed by atoms with Crippen LogP contribution in [0.25, 0.3) is 0 Å². The summed E-state index contributed by atoms with van der Waals surface area (Å²) in [5.74, 6) is 2.83. The highest BCUT2D eigenvalue weighted by atomic mass is 35.5. The zero-order valence-electron chi connectivity index (χ0n) is 21.9. The van der Waals surface area contributed by atoms with Crippen LogP contribution in [-0.4, -0.2) is 80.4 Å². The van der Waals surface area contributed by atoms with Crippen molar-refractivity contribution >= 4 is 35.7 Å². The highest BCUT2D eigenvalue weighted by molar-refractivity contribution is 6.31. The molecule has 39 heavy (non-hydrogen) atoms. The second kappa shape index (κ2) is 13.4. The molecule has 11 nitrogen and oxygen atoms in total. The van der Waals surface area contributed by atoms with Crippen molar-refractivity contribution in [1.29, 1.82) is 0 Å². The third-order valence-corrected chi connectivity index (χ3v) is 6.56. The summed E-state index contributed by atoms with van der Waals surface area (Å²) >= 11 is 6.27. The van der Waals surface area contributed by atoms with E-state index in [2.05, 4.69) is 30.3 Å². The predicted octanol–water partition coefficient (Wildman–Crippen LogP) is 3.62. The van der Waals surface area contributed by atoms with E-state index in [-0.39, 0.29) is 0 Å². The minimum atomic E-state index is 0.338. The molecule has 0 unspecified atom stereocenters. The lowest BCUT2D eigenvalue weighted by atomic mass is 10.2. The van der Waals surface area contributed by atoms with Crippen molar-refractivity contribution < 1.29 is 18.9 Å². The van der Waals surface area contributed by atoms with Gasteiger partial charge in [0.2, 0.25) is 17.8 Å². The molecule has 206 valence electrons. The van der Waals surface area contributed by atoms with E-state index in [1.165, 1.54) is 0 Å². The van der Waals surface area contributed by atoms with Crippen molar-refractivity contribution in [1.82, 2.24) is 15.0 Å². The smallest absolute Gasteiger partial charge is 0.250 e. The van der Waals surface area contributed by atoms with Crippen LogP contribution in [0.15, 0.2) is 47.6 Å². The molecule has 3 heterocycles. The highest BCUT2D eigenvalue weighted by Gasteiger charge is 2.20. The summed E-state index contributed by atoms with van der Waals surface area (Å²) in [7, 11) is 0. The largest absolute Gasteiger partial charge is 0.490 e. The third-order valence-electron chi connectivity index (χ3n) is 6.19. The summed E-state index contributed by atoms with van der Waals surface area (Å²) < 4.78 is 22.8. The highest BCUT2D eigenvalue weighted by Crippen LogP contribution is 2.30. The molecular formula is C27H32ClN7O4. The lowest BCUT2D eigenvalue weighted by Crippen LogP contribution is -2.40. The maximum atomic E-state index is 6.27. The van der Waals surface area contributed by atoms with Gasteiger partial charge in [0.1, 0.15) is 6.61 Å². The molecule has 0 spiro atoms. The number of morpholine rings is 2. The first-order valence-electron chi connectivity index (χ1n) is 13.0. The van der Waals surface area contributed by atoms with Gasteiger partial charge >= 0.3 is 0 Å². The number of ether oxygens (including phenoxy) is 4. The van der Waals surface area contributed by atoms with E-state index >= 15 is 0 Å². The topological polar surface area (TPSA) is 106 Å². The number of benzene rings is 2. The van der Waals surface area contributed by atoms with Gasteiger partial charge < -0.3 is 28.7 Å². The number of hydrazone groups is 1. The second-order valence-electron chi connectivity index (χ2n) is 8.85. The maximum Gasteiger partial charge on any atom is 0.250 e. The van der Waals surface area contributed by atoms with Crippen LogP contribution in [0.2, 0.25) is 5.02 Å². The molecule has 2 aliphatic rings. The number of nitrogens with one attached hydrogen (secondary N) is 1. The molecule has 12 heteroatoms. The zero-order chi connectivity index (χ0) is 26.9. The summed E-state index contributed by atoms with van der Waals surface area (Å²) in [5, 5.41) is 5.06. The molecule has 5 rings (SSSR count). The molecule has 2 saturated heterocycles. The Morgan fingerprint density at radius 3 is 2.21 bits per heavy atom. The number of hydrogen-bond donors (Lipinski definition) is 1. The molecule has 0 aliphatic carbocycles. The first kappa shape index (κ1) is 26.9. The predicted molar refractivity (Wildman–Crippen MR) is 151 cm³/mol. The van der Waals surface area contributed by atoms with Crippen molar-refractivity contribution in [3.05, 3.63) is 58.6 Å². The lowest BCUT2D eigenvalue weighted by Gasteiger charge is -2.30. The van der Waals surface area contributed by atoms with Crippen LogP contribution in [0, 0.1) is 0 Å². The maximum absolute atomic E-state index is 6.27. The summed E-state index contributed by atoms with van der Waals surface area (Å²) in [5.41, 5.74) is 4.71. The van der Waals surface area contributed by atoms with Gasteiger partial charge in [-0.25, -0.2) is 5.43 Å². The van der Waals surface area contributed by atoms with Crippen LogP contribution in [0.5, 0.6) is 11.5 Å². The molecule has 0 saturated carbocycles. The van der Waals surface area contributed by atoms with Gasteiger partial charge in [-0.15, -0.1) is 0 Å². The second-order valence-corrected chi connectivity index (χ2v) is 9.25. The first-order chi connectivity index (χ1) is 19.2. The lowest BCUT2D eigenvalue weighted by molar-refractivity contribution is 0.121. The number of rotatable bonds is 10. The van der Waals surface area contributed by atoms with E-state index in [4.69, 9.17) is 35.5 Å². The summed E-state index contributed by atoms with van der Waals surface area (Å²) in [4.78, 5) is 18.1. The number of hydrogen-bond acceptors (Lipinski definition) is 11. The Balaban J connectivity index is 1.30. The Labute approximate surface area is 232 Å². The average Bonchev–Trinajstić information content (AvgIpc) is 2.98. The van der Waals surface area contributed by atoms with Gasteiger partial charge in [0, 0.05) is 36.8 Å². The number of halogens is 1. The fraction of sp³-hybridized carbons (Fsp3) is 0.407. The molecule has 1 N–H and O–H groups in total. The summed E-state index contributed by atoms with van der Waals surface area (Å²) in [6.45, 7) is 8.21. The minimum absolute atomic E-state index is 0.338. The van der Waals surface area contributed by atoms with E-state index in [0.29, 0.717) is 74.0 Å². The summed E-state index contributed by atoms with van der Waals surface area (Å²) in [6.07, 6.45) is 1.69. The van der Waals surface area contributed by atoms with Crippen LogP contribution in [0.3, 0.4) is 0 Å². The van der Waals surface area contributed by atoms with E-state index in [1.807, 2.05) is 49.4 Å². The quantitative estimate of drug-likeness (QED) is 0.295. The molecular weight excluding hydrogens is 522 g/mol. The monoisotopic (exact) mass is 553 g/mol. The van der Waals surface area contributed by atoms with Gasteiger partial charge in [-0.05, 0) is 36.8 Å². The third kappa shape index (κ3) is 7.25. The van der Waals surface area contributed by atoms with Gasteiger partial charge in [0.15, 0.2) is 11.5 Å². The number of aromatic nitrogens is 3. The fourth-order valence-electron chi connectivity index (χ4n) is 4.14. The van der Waals surface area contributed by atoms with Gasteiger partial charge in [-0.3, -0.25) is 0 Å². The first-order valence-corrected chi connectivity index (χ1v) is 13.4. The van der Waals surface area contributed by atoms with E-state index in [0.717, 1.165) is 37.3 Å². The van der Waals surface area contributed by atoms with Gasteiger partial charge in [0.25, 0.3) is 0 Å². The van der Waals surface area contributed by atoms with Crippen LogP contribution in [-0.2, 0) is 16.1 Å². The SMILES string of the molecule is CCOc1cc(/C=N\Nc2nc(N3CCOCC3)nc(N3CCOCC3)n2)ccc1OCc1ccccc1Cl. The summed E-state index contributed by atoms with van der Waals surface area (Å²) in [6, 6.07) is 13.2. The molecule has 0 bridgehead atoms. The van der Waals surface area contributed by atoms with E-state index in [1.54, 1.807) is 6.21 Å². The van der Waals surface area contributed by atoms with Crippen molar-refractivity contribution in [2.45, 2.75) is 13.5 Å². The molecule has 2 fully saturated rings. The molecule has 0 atom stereocenters. The molecule has 0 amide bonds. The normalized spacial score (nSPS) is 15.9. The van der Waals surface area contributed by atoms with E-state index in [9.17, 15) is 0 Å². The van der Waals surface area contributed by atoms with Crippen molar-refractivity contribution in [3.8, 4) is 11.5 Å². The van der Waals surface area contributed by atoms with Gasteiger partial charge in [0.05, 0.1) is 39.2 Å². The zero-order valence-corrected chi connectivity index (χ0v) is 22.6. The van der Waals surface area contributed by atoms with Crippen LogP contribution < -0.4 is 24.7 Å². The van der Waals surface area contributed by atoms with Crippen LogP contribution in [0.1, 0.15) is 18.1 Å². The average molecular weight is 554 g/mol. The van der Waals surface area contributed by atoms with Crippen LogP contribution >= 0.6 is 11.6 Å². The standard InChI is InChI=1S/C27H32ClN7O4/c1-2-38-24-17-20(7-8-23(24)39-19-21-5-3-4-6-22(21)28)18-29-33-25-30-26(34-9-13-36-14-10-34)32-27(31-25)35-11-15-37-16-12-35/h3-8,17-18H,2,9-16,19H2,1H3,(H,30,31,32,33)/b29-18-. The molecule has 2 aliphatic heterocycles. The van der Waals surface area contributed by atoms with Gasteiger partial charge in [-0.1, -0.05) is 29.8 Å². The minimum Gasteiger partial charge on any atom is -0.490 e. The van der Waals surface area contributed by atoms with Crippen molar-refractivity contribution in [2.24, 2.45) is 5.10 Å². The number of anilines is 3. The van der Waals surface area contributed by atoms with Crippen molar-refractivity contribution in [3.63, 3.8) is 0 Å². The number of nitrogens with zero attached hydrogens (tertiary/aromatic N) is 6. The Morgan fingerprint density at radius 2 is 1.56 bits per heavy atom. The molecule has 1 aromatic heterocycles. The molecule has 3 aromatic rings. The fourth-order valence-corrected chi connectivity index (χ4v) is 4.33. The van der Waals surface area contributed by atoms with E-state index < -0.39 is 0 Å². The Kier molecular flexibility index (Phi) is 9.26. The Hall–Kier alpha value is -3.67. The Morgan fingerprint density at radius 1 is 0.897 bits per heavy atom. The molecule has 2 aromatic carbocycles. The van der Waals surface area contributed by atoms with Crippen LogP contribution in [0.4, 0.5) is 17.8 Å². The Bertz CT molecular complexity index is 1230. The molecule has 0 radical (unpaired) electrons. The van der Waals surface area contributed by atoms with Crippen molar-refractivity contribution in [2.75, 3.05) is 74.4 Å². The van der Waals surface area contributed by atoms with Gasteiger partial charge in [-0.2, -0.15) is 20.1 Å².